The number of rotatable bonds is 15. The van der Waals surface area contributed by atoms with Crippen LogP contribution in [0.2, 0.25) is 0 Å². The van der Waals surface area contributed by atoms with Crippen LogP contribution in [0.15, 0.2) is 267 Å². The van der Waals surface area contributed by atoms with E-state index < -0.39 is 0 Å². The average Bonchev–Trinajstić information content (AvgIpc) is 3.41. The Balaban J connectivity index is 0.880. The van der Waals surface area contributed by atoms with Gasteiger partial charge in [-0.25, -0.2) is 0 Å². The van der Waals surface area contributed by atoms with Crippen LogP contribution in [0.3, 0.4) is 0 Å². The normalized spacial score (nSPS) is 15.6. The Hall–Kier alpha value is -8.20. The van der Waals surface area contributed by atoms with E-state index in [2.05, 4.69) is 289 Å². The van der Waals surface area contributed by atoms with Crippen molar-refractivity contribution < 1.29 is 0 Å². The number of para-hydroxylation sites is 2. The molecule has 0 saturated carbocycles. The van der Waals surface area contributed by atoms with Crippen LogP contribution in [0, 0.1) is 5.92 Å². The molecular weight excluding hydrogens is 821 g/mol. The summed E-state index contributed by atoms with van der Waals surface area (Å²) in [6, 6.07) is 79.3. The van der Waals surface area contributed by atoms with Gasteiger partial charge in [0.1, 0.15) is 0 Å². The van der Waals surface area contributed by atoms with Gasteiger partial charge < -0.3 is 9.80 Å². The fraction of sp³-hybridized carbons (Fsp3) is 0.0909. The van der Waals surface area contributed by atoms with Gasteiger partial charge in [-0.3, -0.25) is 0 Å². The van der Waals surface area contributed by atoms with E-state index in [1.165, 1.54) is 61.5 Å². The lowest BCUT2D eigenvalue weighted by Gasteiger charge is -2.33. The molecule has 10 rings (SSSR count). The highest BCUT2D eigenvalue weighted by Crippen LogP contribution is 2.37. The van der Waals surface area contributed by atoms with E-state index >= 15 is 0 Å². The second-order valence-corrected chi connectivity index (χ2v) is 17.7. The van der Waals surface area contributed by atoms with Crippen LogP contribution in [-0.4, -0.2) is 6.04 Å². The van der Waals surface area contributed by atoms with Crippen molar-refractivity contribution >= 4 is 51.7 Å². The monoisotopic (exact) mass is 876 g/mol. The molecule has 0 saturated heterocycles. The standard InChI is InChI=1S/C66H56N2/c1-7-19-51(20-8-1)47-60(48-52-21-9-2-10-22-52)58-39-45-66(46-40-58)68(63-29-17-6-18-30-63)65-43-37-57(38-44-65)56-35-31-53(32-36-56)49-59(55-23-11-3-12-24-55)50-54-33-41-64(42-34-54)67(61-25-13-4-14-26-61)62-27-15-5-16-28-62/h1-21,23-29,31-47,49,52,63H,22,30,48,50H2/b59-49-,60-47-. The summed E-state index contributed by atoms with van der Waals surface area (Å²) >= 11 is 0. The summed E-state index contributed by atoms with van der Waals surface area (Å²) in [6.45, 7) is 0. The second kappa shape index (κ2) is 21.4. The molecule has 0 N–H and O–H groups in total. The Kier molecular flexibility index (Phi) is 13.7. The van der Waals surface area contributed by atoms with Gasteiger partial charge in [0.15, 0.2) is 0 Å². The Labute approximate surface area is 403 Å². The van der Waals surface area contributed by atoms with Gasteiger partial charge >= 0.3 is 0 Å². The van der Waals surface area contributed by atoms with E-state index in [0.717, 1.165) is 42.7 Å². The largest absolute Gasteiger partial charge is 0.334 e. The minimum absolute atomic E-state index is 0.219. The van der Waals surface area contributed by atoms with Crippen LogP contribution in [0.25, 0.3) is 34.4 Å². The summed E-state index contributed by atoms with van der Waals surface area (Å²) in [5.41, 5.74) is 17.0. The molecule has 2 aliphatic rings. The molecule has 330 valence electrons. The second-order valence-electron chi connectivity index (χ2n) is 17.7. The van der Waals surface area contributed by atoms with Crippen molar-refractivity contribution in [2.75, 3.05) is 9.80 Å². The van der Waals surface area contributed by atoms with Crippen molar-refractivity contribution in [3.05, 3.63) is 295 Å². The van der Waals surface area contributed by atoms with E-state index in [0.29, 0.717) is 5.92 Å². The minimum atomic E-state index is 0.219. The van der Waals surface area contributed by atoms with Gasteiger partial charge in [0, 0.05) is 28.4 Å². The first-order chi connectivity index (χ1) is 33.7. The van der Waals surface area contributed by atoms with Crippen LogP contribution in [0.1, 0.15) is 47.1 Å². The number of hydrogen-bond acceptors (Lipinski definition) is 2. The third kappa shape index (κ3) is 10.7. The Morgan fingerprint density at radius 2 is 0.868 bits per heavy atom. The number of benzene rings is 8. The van der Waals surface area contributed by atoms with Crippen molar-refractivity contribution in [1.29, 1.82) is 0 Å². The number of hydrogen-bond donors (Lipinski definition) is 0. The molecule has 2 heteroatoms. The summed E-state index contributed by atoms with van der Waals surface area (Å²) in [7, 11) is 0. The van der Waals surface area contributed by atoms with Crippen molar-refractivity contribution in [1.82, 2.24) is 0 Å². The predicted octanol–water partition coefficient (Wildman–Crippen LogP) is 17.7. The third-order valence-corrected chi connectivity index (χ3v) is 13.0. The zero-order valence-corrected chi connectivity index (χ0v) is 38.4. The Morgan fingerprint density at radius 3 is 1.44 bits per heavy atom. The highest BCUT2D eigenvalue weighted by molar-refractivity contribution is 5.85. The number of anilines is 5. The van der Waals surface area contributed by atoms with Crippen molar-refractivity contribution in [3.8, 4) is 11.1 Å². The van der Waals surface area contributed by atoms with E-state index in [1.54, 1.807) is 0 Å². The molecule has 2 nitrogen and oxygen atoms in total. The fourth-order valence-corrected chi connectivity index (χ4v) is 9.46. The molecule has 0 heterocycles. The van der Waals surface area contributed by atoms with Crippen LogP contribution in [0.4, 0.5) is 28.4 Å². The molecule has 2 unspecified atom stereocenters. The quantitative estimate of drug-likeness (QED) is 0.0947. The molecule has 68 heavy (non-hydrogen) atoms. The zero-order valence-electron chi connectivity index (χ0n) is 38.4. The lowest BCUT2D eigenvalue weighted by atomic mass is 9.88. The van der Waals surface area contributed by atoms with Crippen LogP contribution >= 0.6 is 0 Å². The van der Waals surface area contributed by atoms with Crippen LogP contribution in [0.5, 0.6) is 0 Å². The Morgan fingerprint density at radius 1 is 0.397 bits per heavy atom. The summed E-state index contributed by atoms with van der Waals surface area (Å²) in [4.78, 5) is 4.79. The molecule has 0 aliphatic heterocycles. The molecule has 0 spiro atoms. The first-order valence-electron chi connectivity index (χ1n) is 24.0. The number of allylic oxidation sites excluding steroid dienone is 8. The van der Waals surface area contributed by atoms with Gasteiger partial charge in [0.2, 0.25) is 0 Å². The van der Waals surface area contributed by atoms with Gasteiger partial charge in [0.05, 0.1) is 6.04 Å². The molecule has 8 aromatic carbocycles. The molecule has 0 amide bonds. The molecular formula is C66H56N2. The van der Waals surface area contributed by atoms with Gasteiger partial charge in [-0.2, -0.15) is 0 Å². The molecule has 0 bridgehead atoms. The first kappa shape index (κ1) is 43.7. The topological polar surface area (TPSA) is 6.48 Å². The van der Waals surface area contributed by atoms with Crippen LogP contribution in [-0.2, 0) is 6.42 Å². The maximum Gasteiger partial charge on any atom is 0.0559 e. The van der Waals surface area contributed by atoms with Crippen molar-refractivity contribution in [2.24, 2.45) is 5.92 Å². The average molecular weight is 877 g/mol. The van der Waals surface area contributed by atoms with E-state index in [9.17, 15) is 0 Å². The van der Waals surface area contributed by atoms with Gasteiger partial charge in [-0.1, -0.05) is 218 Å². The van der Waals surface area contributed by atoms with E-state index in [-0.39, 0.29) is 6.04 Å². The maximum atomic E-state index is 2.48. The predicted molar refractivity (Wildman–Crippen MR) is 292 cm³/mol. The van der Waals surface area contributed by atoms with E-state index in [4.69, 9.17) is 0 Å². The van der Waals surface area contributed by atoms with Crippen LogP contribution < -0.4 is 9.80 Å². The SMILES string of the molecule is C1=CCC(C/C(=C/c2ccccc2)c2ccc(N(c3ccc(-c4ccc(/C=C(/Cc5ccc(N(c6ccccc6)c6ccccc6)cc5)c5ccccc5)cc4)cc3)C3C=CC=CC3)cc2)C=C1. The molecule has 0 aromatic heterocycles. The molecule has 0 fully saturated rings. The highest BCUT2D eigenvalue weighted by Gasteiger charge is 2.20. The number of nitrogens with zero attached hydrogens (tertiary/aromatic N) is 2. The summed E-state index contributed by atoms with van der Waals surface area (Å²) in [5, 5.41) is 0. The Bertz CT molecular complexity index is 3010. The lowest BCUT2D eigenvalue weighted by molar-refractivity contribution is 0.679. The third-order valence-electron chi connectivity index (χ3n) is 13.0. The minimum Gasteiger partial charge on any atom is -0.334 e. The molecule has 2 atom stereocenters. The lowest BCUT2D eigenvalue weighted by Crippen LogP contribution is -2.29. The van der Waals surface area contributed by atoms with Crippen molar-refractivity contribution in [3.63, 3.8) is 0 Å². The van der Waals surface area contributed by atoms with Crippen molar-refractivity contribution in [2.45, 2.75) is 31.7 Å². The molecule has 8 aromatic rings. The maximum absolute atomic E-state index is 2.48. The van der Waals surface area contributed by atoms with Gasteiger partial charge in [-0.05, 0) is 142 Å². The summed E-state index contributed by atoms with van der Waals surface area (Å²) in [5.74, 6) is 0.496. The van der Waals surface area contributed by atoms with E-state index in [1.807, 2.05) is 0 Å². The summed E-state index contributed by atoms with van der Waals surface area (Å²) in [6.07, 6.45) is 26.5. The van der Waals surface area contributed by atoms with Gasteiger partial charge in [0.25, 0.3) is 0 Å². The molecule has 0 radical (unpaired) electrons. The van der Waals surface area contributed by atoms with Gasteiger partial charge in [-0.15, -0.1) is 0 Å². The summed E-state index contributed by atoms with van der Waals surface area (Å²) < 4.78 is 0. The molecule has 2 aliphatic carbocycles. The zero-order chi connectivity index (χ0) is 45.7. The fourth-order valence-electron chi connectivity index (χ4n) is 9.46. The smallest absolute Gasteiger partial charge is 0.0559 e. The first-order valence-corrected chi connectivity index (χ1v) is 24.0. The highest BCUT2D eigenvalue weighted by atomic mass is 15.2.